The Bertz CT molecular complexity index is 915. The van der Waals surface area contributed by atoms with E-state index in [1.54, 1.807) is 0 Å². The number of halogens is 1. The van der Waals surface area contributed by atoms with Crippen LogP contribution in [0.2, 0.25) is 5.02 Å². The van der Waals surface area contributed by atoms with Crippen LogP contribution in [-0.4, -0.2) is 28.4 Å². The molecule has 0 aliphatic heterocycles. The minimum Gasteiger partial charge on any atom is -0.484 e. The van der Waals surface area contributed by atoms with Crippen LogP contribution in [0.4, 0.5) is 0 Å². The van der Waals surface area contributed by atoms with Gasteiger partial charge in [-0.1, -0.05) is 47.6 Å². The summed E-state index contributed by atoms with van der Waals surface area (Å²) in [4.78, 5) is 11.9. The van der Waals surface area contributed by atoms with Crippen LogP contribution in [0.15, 0.2) is 58.2 Å². The Kier molecular flexibility index (Phi) is 7.33. The highest BCUT2D eigenvalue weighted by Gasteiger charge is 2.10. The number of amides is 1. The fraction of sp³-hybridized carbons (Fsp3) is 0.250. The third kappa shape index (κ3) is 6.58. The summed E-state index contributed by atoms with van der Waals surface area (Å²) in [5.74, 6) is 1.23. The predicted octanol–water partition coefficient (Wildman–Crippen LogP) is 4.06. The number of thioether (sulfide) groups is 1. The summed E-state index contributed by atoms with van der Waals surface area (Å²) in [6.07, 6.45) is 0.745. The van der Waals surface area contributed by atoms with Crippen LogP contribution < -0.4 is 10.1 Å². The van der Waals surface area contributed by atoms with Gasteiger partial charge in [-0.05, 0) is 48.7 Å². The van der Waals surface area contributed by atoms with E-state index in [2.05, 4.69) is 15.5 Å². The first-order chi connectivity index (χ1) is 13.6. The normalized spacial score (nSPS) is 10.6. The van der Waals surface area contributed by atoms with E-state index in [9.17, 15) is 4.79 Å². The summed E-state index contributed by atoms with van der Waals surface area (Å²) in [5.41, 5.74) is 2.23. The Hall–Kier alpha value is -2.51. The lowest BCUT2D eigenvalue weighted by molar-refractivity contribution is -0.118. The standard InChI is InChI=1S/C20H20ClN3O3S/c1-14-3-2-4-17(11-14)26-12-19-23-24-20(27-19)28-13-18(25)22-10-9-15-5-7-16(21)8-6-15/h2-8,11H,9-10,12-13H2,1H3,(H,22,25). The highest BCUT2D eigenvalue weighted by atomic mass is 35.5. The van der Waals surface area contributed by atoms with Crippen molar-refractivity contribution in [3.05, 3.63) is 70.6 Å². The Morgan fingerprint density at radius 2 is 2.04 bits per heavy atom. The number of ether oxygens (including phenoxy) is 1. The first kappa shape index (κ1) is 20.2. The quantitative estimate of drug-likeness (QED) is 0.529. The van der Waals surface area contributed by atoms with Gasteiger partial charge in [0.25, 0.3) is 11.1 Å². The maximum absolute atomic E-state index is 11.9. The largest absolute Gasteiger partial charge is 0.484 e. The highest BCUT2D eigenvalue weighted by Crippen LogP contribution is 2.18. The Morgan fingerprint density at radius 1 is 1.21 bits per heavy atom. The molecule has 8 heteroatoms. The topological polar surface area (TPSA) is 77.2 Å². The second kappa shape index (κ2) is 10.1. The summed E-state index contributed by atoms with van der Waals surface area (Å²) < 4.78 is 11.1. The van der Waals surface area contributed by atoms with E-state index in [-0.39, 0.29) is 18.3 Å². The monoisotopic (exact) mass is 417 g/mol. The van der Waals surface area contributed by atoms with Gasteiger partial charge in [0.05, 0.1) is 5.75 Å². The molecular formula is C20H20ClN3O3S. The molecule has 1 aromatic heterocycles. The smallest absolute Gasteiger partial charge is 0.277 e. The van der Waals surface area contributed by atoms with Gasteiger partial charge in [0.2, 0.25) is 5.91 Å². The Morgan fingerprint density at radius 3 is 2.82 bits per heavy atom. The van der Waals surface area contributed by atoms with Crippen molar-refractivity contribution in [2.45, 2.75) is 25.2 Å². The molecule has 1 heterocycles. The molecule has 0 saturated heterocycles. The molecular weight excluding hydrogens is 398 g/mol. The number of carbonyl (C=O) groups is 1. The number of hydrogen-bond donors (Lipinski definition) is 1. The third-order valence-corrected chi connectivity index (χ3v) is 4.85. The molecule has 146 valence electrons. The Balaban J connectivity index is 1.36. The zero-order valence-electron chi connectivity index (χ0n) is 15.4. The molecule has 0 unspecified atom stereocenters. The van der Waals surface area contributed by atoms with E-state index in [1.165, 1.54) is 11.8 Å². The van der Waals surface area contributed by atoms with Crippen LogP contribution in [0.1, 0.15) is 17.0 Å². The van der Waals surface area contributed by atoms with Crippen LogP contribution in [0, 0.1) is 6.92 Å². The van der Waals surface area contributed by atoms with E-state index >= 15 is 0 Å². The summed E-state index contributed by atoms with van der Waals surface area (Å²) in [6, 6.07) is 15.3. The van der Waals surface area contributed by atoms with Crippen molar-refractivity contribution < 1.29 is 13.9 Å². The molecule has 0 fully saturated rings. The van der Waals surface area contributed by atoms with E-state index < -0.39 is 0 Å². The van der Waals surface area contributed by atoms with Crippen LogP contribution >= 0.6 is 23.4 Å². The first-order valence-electron chi connectivity index (χ1n) is 8.74. The average molecular weight is 418 g/mol. The van der Waals surface area contributed by atoms with Gasteiger partial charge < -0.3 is 14.5 Å². The summed E-state index contributed by atoms with van der Waals surface area (Å²) in [7, 11) is 0. The number of hydrogen-bond acceptors (Lipinski definition) is 6. The molecule has 0 bridgehead atoms. The molecule has 1 N–H and O–H groups in total. The third-order valence-electron chi connectivity index (χ3n) is 3.78. The Labute approximate surface area is 172 Å². The van der Waals surface area contributed by atoms with Crippen molar-refractivity contribution in [1.29, 1.82) is 0 Å². The molecule has 2 aromatic carbocycles. The van der Waals surface area contributed by atoms with Crippen molar-refractivity contribution in [2.24, 2.45) is 0 Å². The molecule has 0 saturated carbocycles. The molecule has 0 radical (unpaired) electrons. The fourth-order valence-corrected chi connectivity index (χ4v) is 3.12. The molecule has 6 nitrogen and oxygen atoms in total. The summed E-state index contributed by atoms with van der Waals surface area (Å²) in [6.45, 7) is 2.74. The van der Waals surface area contributed by atoms with Crippen LogP contribution in [0.3, 0.4) is 0 Å². The number of aromatic nitrogens is 2. The average Bonchev–Trinajstić information content (AvgIpc) is 3.14. The first-order valence-corrected chi connectivity index (χ1v) is 10.1. The summed E-state index contributed by atoms with van der Waals surface area (Å²) in [5, 5.41) is 11.8. The van der Waals surface area contributed by atoms with Crippen molar-refractivity contribution in [3.63, 3.8) is 0 Å². The molecule has 3 aromatic rings. The van der Waals surface area contributed by atoms with Crippen molar-refractivity contribution >= 4 is 29.3 Å². The van der Waals surface area contributed by atoms with Gasteiger partial charge in [0, 0.05) is 11.6 Å². The van der Waals surface area contributed by atoms with Gasteiger partial charge in [-0.15, -0.1) is 10.2 Å². The predicted molar refractivity (Wildman–Crippen MR) is 109 cm³/mol. The summed E-state index contributed by atoms with van der Waals surface area (Å²) >= 11 is 7.05. The minimum atomic E-state index is -0.0882. The van der Waals surface area contributed by atoms with E-state index in [4.69, 9.17) is 20.8 Å². The van der Waals surface area contributed by atoms with Crippen LogP contribution in [0.5, 0.6) is 5.75 Å². The van der Waals surface area contributed by atoms with Crippen LogP contribution in [0.25, 0.3) is 0 Å². The molecule has 0 atom stereocenters. The number of benzene rings is 2. The zero-order valence-corrected chi connectivity index (χ0v) is 16.9. The van der Waals surface area contributed by atoms with E-state index in [0.29, 0.717) is 22.7 Å². The minimum absolute atomic E-state index is 0.0882. The number of aryl methyl sites for hydroxylation is 1. The second-order valence-electron chi connectivity index (χ2n) is 6.08. The maximum Gasteiger partial charge on any atom is 0.277 e. The SMILES string of the molecule is Cc1cccc(OCc2nnc(SCC(=O)NCCc3ccc(Cl)cc3)o2)c1. The van der Waals surface area contributed by atoms with E-state index in [0.717, 1.165) is 23.3 Å². The van der Waals surface area contributed by atoms with Crippen molar-refractivity contribution in [1.82, 2.24) is 15.5 Å². The van der Waals surface area contributed by atoms with Gasteiger partial charge >= 0.3 is 0 Å². The molecule has 0 aliphatic rings. The van der Waals surface area contributed by atoms with Gasteiger partial charge in [0.15, 0.2) is 6.61 Å². The number of nitrogens with zero attached hydrogens (tertiary/aromatic N) is 2. The van der Waals surface area contributed by atoms with Crippen molar-refractivity contribution in [3.8, 4) is 5.75 Å². The zero-order chi connectivity index (χ0) is 19.8. The van der Waals surface area contributed by atoms with Gasteiger partial charge in [-0.3, -0.25) is 4.79 Å². The van der Waals surface area contributed by atoms with E-state index in [1.807, 2.05) is 55.5 Å². The van der Waals surface area contributed by atoms with Crippen molar-refractivity contribution in [2.75, 3.05) is 12.3 Å². The maximum atomic E-state index is 11.9. The lowest BCUT2D eigenvalue weighted by Crippen LogP contribution is -2.27. The molecule has 1 amide bonds. The van der Waals surface area contributed by atoms with Gasteiger partial charge in [-0.25, -0.2) is 0 Å². The lowest BCUT2D eigenvalue weighted by atomic mass is 10.1. The highest BCUT2D eigenvalue weighted by molar-refractivity contribution is 7.99. The lowest BCUT2D eigenvalue weighted by Gasteiger charge is -2.04. The molecule has 0 aliphatic carbocycles. The van der Waals surface area contributed by atoms with Gasteiger partial charge in [-0.2, -0.15) is 0 Å². The fourth-order valence-electron chi connectivity index (χ4n) is 2.38. The number of nitrogens with one attached hydrogen (secondary N) is 1. The molecule has 28 heavy (non-hydrogen) atoms. The van der Waals surface area contributed by atoms with Gasteiger partial charge in [0.1, 0.15) is 5.75 Å². The molecule has 3 rings (SSSR count). The number of rotatable bonds is 9. The second-order valence-corrected chi connectivity index (χ2v) is 7.45. The molecule has 0 spiro atoms. The number of carbonyl (C=O) groups excluding carboxylic acids is 1. The van der Waals surface area contributed by atoms with Crippen LogP contribution in [-0.2, 0) is 17.8 Å².